The molecule has 0 saturated carbocycles. The van der Waals surface area contributed by atoms with Gasteiger partial charge in [0.15, 0.2) is 0 Å². The van der Waals surface area contributed by atoms with Gasteiger partial charge in [-0.3, -0.25) is 0 Å². The van der Waals surface area contributed by atoms with Crippen molar-refractivity contribution in [1.29, 1.82) is 0 Å². The van der Waals surface area contributed by atoms with E-state index in [1.165, 1.54) is 27.9 Å². The van der Waals surface area contributed by atoms with Gasteiger partial charge < -0.3 is 5.32 Å². The van der Waals surface area contributed by atoms with E-state index in [1.807, 2.05) is 0 Å². The standard InChI is InChI=1S/C17H20BrN/c1-13-4-5-14(2)17(12-13)15-6-8-16(9-7-15)19-11-3-10-18/h4-9,12,19H,3,10-11H2,1-2H3. The van der Waals surface area contributed by atoms with E-state index in [0.29, 0.717) is 0 Å². The molecule has 0 heterocycles. The van der Waals surface area contributed by atoms with Gasteiger partial charge >= 0.3 is 0 Å². The van der Waals surface area contributed by atoms with Gasteiger partial charge in [-0.25, -0.2) is 0 Å². The van der Waals surface area contributed by atoms with E-state index >= 15 is 0 Å². The molecular weight excluding hydrogens is 298 g/mol. The third-order valence-corrected chi connectivity index (χ3v) is 3.79. The summed E-state index contributed by atoms with van der Waals surface area (Å²) in [5, 5.41) is 4.46. The first-order valence-electron chi connectivity index (χ1n) is 6.68. The van der Waals surface area contributed by atoms with Gasteiger partial charge in [0.05, 0.1) is 0 Å². The molecule has 0 spiro atoms. The summed E-state index contributed by atoms with van der Waals surface area (Å²) >= 11 is 3.44. The lowest BCUT2D eigenvalue weighted by Crippen LogP contribution is -2.01. The van der Waals surface area contributed by atoms with Crippen LogP contribution in [0.2, 0.25) is 0 Å². The van der Waals surface area contributed by atoms with Crippen molar-refractivity contribution in [3.05, 3.63) is 53.6 Å². The largest absolute Gasteiger partial charge is 0.385 e. The van der Waals surface area contributed by atoms with Crippen molar-refractivity contribution in [2.24, 2.45) is 0 Å². The van der Waals surface area contributed by atoms with Gasteiger partial charge in [0.1, 0.15) is 0 Å². The van der Waals surface area contributed by atoms with E-state index in [9.17, 15) is 0 Å². The third-order valence-electron chi connectivity index (χ3n) is 3.23. The summed E-state index contributed by atoms with van der Waals surface area (Å²) in [5.41, 5.74) is 6.43. The highest BCUT2D eigenvalue weighted by Crippen LogP contribution is 2.25. The fourth-order valence-electron chi connectivity index (χ4n) is 2.11. The van der Waals surface area contributed by atoms with E-state index in [1.54, 1.807) is 0 Å². The molecule has 0 saturated heterocycles. The quantitative estimate of drug-likeness (QED) is 0.592. The highest BCUT2D eigenvalue weighted by atomic mass is 79.9. The average Bonchev–Trinajstić information content (AvgIpc) is 2.43. The zero-order valence-corrected chi connectivity index (χ0v) is 13.1. The van der Waals surface area contributed by atoms with Crippen LogP contribution in [0, 0.1) is 13.8 Å². The minimum absolute atomic E-state index is 1.01. The molecule has 100 valence electrons. The Kier molecular flexibility index (Phi) is 5.03. The van der Waals surface area contributed by atoms with Gasteiger partial charge in [-0.2, -0.15) is 0 Å². The average molecular weight is 318 g/mol. The smallest absolute Gasteiger partial charge is 0.0340 e. The van der Waals surface area contributed by atoms with Crippen LogP contribution in [-0.2, 0) is 0 Å². The molecule has 0 bridgehead atoms. The number of benzene rings is 2. The summed E-state index contributed by atoms with van der Waals surface area (Å²) in [6.07, 6.45) is 1.14. The minimum atomic E-state index is 1.01. The lowest BCUT2D eigenvalue weighted by Gasteiger charge is -2.09. The lowest BCUT2D eigenvalue weighted by molar-refractivity contribution is 0.999. The van der Waals surface area contributed by atoms with Crippen molar-refractivity contribution < 1.29 is 0 Å². The Hall–Kier alpha value is -1.28. The zero-order valence-electron chi connectivity index (χ0n) is 11.5. The van der Waals surface area contributed by atoms with Gasteiger partial charge in [-0.05, 0) is 49.1 Å². The Morgan fingerprint density at radius 3 is 2.42 bits per heavy atom. The second-order valence-corrected chi connectivity index (χ2v) is 5.66. The molecule has 0 amide bonds. The number of hydrogen-bond acceptors (Lipinski definition) is 1. The van der Waals surface area contributed by atoms with Crippen LogP contribution in [0.15, 0.2) is 42.5 Å². The van der Waals surface area contributed by atoms with E-state index < -0.39 is 0 Å². The maximum absolute atomic E-state index is 3.44. The van der Waals surface area contributed by atoms with E-state index in [-0.39, 0.29) is 0 Å². The Bertz CT molecular complexity index is 531. The maximum atomic E-state index is 3.44. The third kappa shape index (κ3) is 3.84. The summed E-state index contributed by atoms with van der Waals surface area (Å²) < 4.78 is 0. The van der Waals surface area contributed by atoms with Gasteiger partial charge in [-0.1, -0.05) is 51.8 Å². The topological polar surface area (TPSA) is 12.0 Å². The van der Waals surface area contributed by atoms with E-state index in [2.05, 4.69) is 77.6 Å². The normalized spacial score (nSPS) is 10.5. The molecule has 1 nitrogen and oxygen atoms in total. The monoisotopic (exact) mass is 317 g/mol. The summed E-state index contributed by atoms with van der Waals surface area (Å²) in [4.78, 5) is 0. The molecule has 0 aliphatic carbocycles. The minimum Gasteiger partial charge on any atom is -0.385 e. The van der Waals surface area contributed by atoms with Crippen LogP contribution in [0.25, 0.3) is 11.1 Å². The number of alkyl halides is 1. The molecule has 0 radical (unpaired) electrons. The van der Waals surface area contributed by atoms with Crippen LogP contribution in [0.1, 0.15) is 17.5 Å². The maximum Gasteiger partial charge on any atom is 0.0340 e. The Morgan fingerprint density at radius 1 is 1.00 bits per heavy atom. The van der Waals surface area contributed by atoms with Crippen LogP contribution in [0.3, 0.4) is 0 Å². The van der Waals surface area contributed by atoms with E-state index in [4.69, 9.17) is 0 Å². The SMILES string of the molecule is Cc1ccc(C)c(-c2ccc(NCCCBr)cc2)c1. The molecule has 0 unspecified atom stereocenters. The fraction of sp³-hybridized carbons (Fsp3) is 0.294. The molecule has 2 aromatic carbocycles. The van der Waals surface area contributed by atoms with Crippen molar-refractivity contribution >= 4 is 21.6 Å². The van der Waals surface area contributed by atoms with Crippen molar-refractivity contribution in [1.82, 2.24) is 0 Å². The van der Waals surface area contributed by atoms with Crippen LogP contribution >= 0.6 is 15.9 Å². The van der Waals surface area contributed by atoms with Crippen molar-refractivity contribution in [2.75, 3.05) is 17.2 Å². The lowest BCUT2D eigenvalue weighted by atomic mass is 9.98. The molecule has 2 aromatic rings. The second kappa shape index (κ2) is 6.76. The number of halogens is 1. The summed E-state index contributed by atoms with van der Waals surface area (Å²) in [6, 6.07) is 15.3. The number of hydrogen-bond donors (Lipinski definition) is 1. The summed E-state index contributed by atoms with van der Waals surface area (Å²) in [7, 11) is 0. The first-order chi connectivity index (χ1) is 9.20. The molecule has 1 N–H and O–H groups in total. The number of rotatable bonds is 5. The highest BCUT2D eigenvalue weighted by molar-refractivity contribution is 9.09. The van der Waals surface area contributed by atoms with Crippen molar-refractivity contribution in [2.45, 2.75) is 20.3 Å². The molecule has 2 rings (SSSR count). The Morgan fingerprint density at radius 2 is 1.74 bits per heavy atom. The molecule has 0 fully saturated rings. The van der Waals surface area contributed by atoms with Crippen LogP contribution in [0.5, 0.6) is 0 Å². The number of nitrogens with one attached hydrogen (secondary N) is 1. The first kappa shape index (κ1) is 14.1. The predicted molar refractivity (Wildman–Crippen MR) is 88.3 cm³/mol. The second-order valence-electron chi connectivity index (χ2n) is 4.87. The summed E-state index contributed by atoms with van der Waals surface area (Å²) in [5.74, 6) is 0. The molecule has 0 aliphatic heterocycles. The first-order valence-corrected chi connectivity index (χ1v) is 7.80. The predicted octanol–water partition coefficient (Wildman–Crippen LogP) is 5.17. The number of anilines is 1. The fourth-order valence-corrected chi connectivity index (χ4v) is 2.39. The van der Waals surface area contributed by atoms with E-state index in [0.717, 1.165) is 18.3 Å². The Balaban J connectivity index is 2.15. The van der Waals surface area contributed by atoms with Gasteiger partial charge in [0.2, 0.25) is 0 Å². The van der Waals surface area contributed by atoms with Crippen LogP contribution in [0.4, 0.5) is 5.69 Å². The van der Waals surface area contributed by atoms with Gasteiger partial charge in [-0.15, -0.1) is 0 Å². The van der Waals surface area contributed by atoms with Crippen LogP contribution in [-0.4, -0.2) is 11.9 Å². The molecule has 0 aromatic heterocycles. The van der Waals surface area contributed by atoms with Crippen LogP contribution < -0.4 is 5.32 Å². The van der Waals surface area contributed by atoms with Gasteiger partial charge in [0, 0.05) is 17.6 Å². The molecule has 0 aliphatic rings. The molecule has 0 atom stereocenters. The molecule has 19 heavy (non-hydrogen) atoms. The highest BCUT2D eigenvalue weighted by Gasteiger charge is 2.02. The Labute approximate surface area is 124 Å². The molecule has 2 heteroatoms. The van der Waals surface area contributed by atoms with Gasteiger partial charge in [0.25, 0.3) is 0 Å². The molecular formula is C17H20BrN. The number of aryl methyl sites for hydroxylation is 2. The summed E-state index contributed by atoms with van der Waals surface area (Å²) in [6.45, 7) is 5.31. The van der Waals surface area contributed by atoms with Crippen molar-refractivity contribution in [3.8, 4) is 11.1 Å². The zero-order chi connectivity index (χ0) is 13.7. The van der Waals surface area contributed by atoms with Crippen molar-refractivity contribution in [3.63, 3.8) is 0 Å².